The van der Waals surface area contributed by atoms with Crippen LogP contribution in [0.5, 0.6) is 0 Å². The van der Waals surface area contributed by atoms with Gasteiger partial charge in [-0.2, -0.15) is 13.2 Å². The molecule has 2 rings (SSSR count). The fraction of sp³-hybridized carbons (Fsp3) is 0.200. The second-order valence-electron chi connectivity index (χ2n) is 4.29. The van der Waals surface area contributed by atoms with Crippen LogP contribution in [0.25, 0.3) is 11.1 Å². The number of hydrogen-bond donors (Lipinski definition) is 0. The van der Waals surface area contributed by atoms with Gasteiger partial charge in [0.1, 0.15) is 0 Å². The van der Waals surface area contributed by atoms with Crippen molar-refractivity contribution in [2.24, 2.45) is 0 Å². The van der Waals surface area contributed by atoms with E-state index in [9.17, 15) is 13.2 Å². The quantitative estimate of drug-likeness (QED) is 0.681. The van der Waals surface area contributed by atoms with Gasteiger partial charge in [0, 0.05) is 0 Å². The van der Waals surface area contributed by atoms with Gasteiger partial charge in [-0.1, -0.05) is 24.3 Å². The third-order valence-electron chi connectivity index (χ3n) is 2.96. The lowest BCUT2D eigenvalue weighted by atomic mass is 9.99. The standard InChI is InChI=1S/C15H12F3/c1-10-3-4-13(9-11(10)2)12-5-7-14(8-6-12)15(16,17)18/h3-7,9H,1-2H3. The molecular weight excluding hydrogens is 237 g/mol. The van der Waals surface area contributed by atoms with Gasteiger partial charge in [-0.3, -0.25) is 0 Å². The van der Waals surface area contributed by atoms with Crippen molar-refractivity contribution in [3.8, 4) is 11.1 Å². The summed E-state index contributed by atoms with van der Waals surface area (Å²) in [7, 11) is 0. The summed E-state index contributed by atoms with van der Waals surface area (Å²) in [6.07, 6.45) is -4.33. The Labute approximate surface area is 104 Å². The van der Waals surface area contributed by atoms with E-state index in [0.29, 0.717) is 0 Å². The number of benzene rings is 2. The Balaban J connectivity index is 2.37. The highest BCUT2D eigenvalue weighted by atomic mass is 19.4. The van der Waals surface area contributed by atoms with Crippen LogP contribution in [-0.4, -0.2) is 0 Å². The highest BCUT2D eigenvalue weighted by Crippen LogP contribution is 2.30. The van der Waals surface area contributed by atoms with Crippen LogP contribution in [0.4, 0.5) is 13.2 Å². The summed E-state index contributed by atoms with van der Waals surface area (Å²) in [5, 5.41) is 0. The molecule has 18 heavy (non-hydrogen) atoms. The second kappa shape index (κ2) is 4.48. The maximum atomic E-state index is 12.4. The number of hydrogen-bond acceptors (Lipinski definition) is 0. The minimum absolute atomic E-state index is 0.741. The van der Waals surface area contributed by atoms with Gasteiger partial charge < -0.3 is 0 Å². The van der Waals surface area contributed by atoms with Crippen LogP contribution in [0, 0.1) is 19.9 Å². The second-order valence-corrected chi connectivity index (χ2v) is 4.29. The van der Waals surface area contributed by atoms with Crippen molar-refractivity contribution in [1.82, 2.24) is 0 Å². The Morgan fingerprint density at radius 3 is 2.06 bits per heavy atom. The predicted molar refractivity (Wildman–Crippen MR) is 65.2 cm³/mol. The van der Waals surface area contributed by atoms with Crippen molar-refractivity contribution in [3.05, 3.63) is 59.2 Å². The molecule has 0 bridgehead atoms. The first-order valence-electron chi connectivity index (χ1n) is 5.54. The monoisotopic (exact) mass is 249 g/mol. The van der Waals surface area contributed by atoms with Crippen molar-refractivity contribution in [2.75, 3.05) is 0 Å². The Morgan fingerprint density at radius 1 is 0.889 bits per heavy atom. The average Bonchev–Trinajstić information content (AvgIpc) is 2.32. The minimum Gasteiger partial charge on any atom is -0.166 e. The van der Waals surface area contributed by atoms with Crippen molar-refractivity contribution < 1.29 is 13.2 Å². The molecular formula is C15H12F3. The van der Waals surface area contributed by atoms with E-state index < -0.39 is 11.7 Å². The molecule has 0 saturated carbocycles. The zero-order valence-corrected chi connectivity index (χ0v) is 10.1. The van der Waals surface area contributed by atoms with Crippen LogP contribution >= 0.6 is 0 Å². The summed E-state index contributed by atoms with van der Waals surface area (Å²) in [5.74, 6) is 0. The molecule has 2 aromatic rings. The smallest absolute Gasteiger partial charge is 0.166 e. The zero-order chi connectivity index (χ0) is 13.3. The van der Waals surface area contributed by atoms with E-state index in [-0.39, 0.29) is 0 Å². The largest absolute Gasteiger partial charge is 0.417 e. The first kappa shape index (κ1) is 12.7. The fourth-order valence-electron chi connectivity index (χ4n) is 1.70. The van der Waals surface area contributed by atoms with Crippen molar-refractivity contribution in [3.63, 3.8) is 0 Å². The van der Waals surface area contributed by atoms with Crippen molar-refractivity contribution in [2.45, 2.75) is 20.0 Å². The van der Waals surface area contributed by atoms with Gasteiger partial charge in [0.15, 0.2) is 0 Å². The lowest BCUT2D eigenvalue weighted by molar-refractivity contribution is -0.137. The molecule has 0 unspecified atom stereocenters. The summed E-state index contributed by atoms with van der Waals surface area (Å²) in [5.41, 5.74) is 3.19. The molecule has 0 aliphatic rings. The van der Waals surface area contributed by atoms with E-state index in [1.807, 2.05) is 32.0 Å². The van der Waals surface area contributed by atoms with Crippen LogP contribution in [0.3, 0.4) is 0 Å². The summed E-state index contributed by atoms with van der Waals surface area (Å²) in [6.45, 7) is 3.98. The number of aryl methyl sites for hydroxylation is 2. The topological polar surface area (TPSA) is 0 Å². The lowest BCUT2D eigenvalue weighted by Crippen LogP contribution is -2.04. The van der Waals surface area contributed by atoms with Crippen molar-refractivity contribution in [1.29, 1.82) is 0 Å². The molecule has 0 heterocycles. The molecule has 3 heteroatoms. The van der Waals surface area contributed by atoms with Crippen LogP contribution in [0.1, 0.15) is 16.7 Å². The Kier molecular flexibility index (Phi) is 3.16. The fourth-order valence-corrected chi connectivity index (χ4v) is 1.70. The summed E-state index contributed by atoms with van der Waals surface area (Å²) < 4.78 is 37.2. The zero-order valence-electron chi connectivity index (χ0n) is 10.1. The highest BCUT2D eigenvalue weighted by Gasteiger charge is 2.30. The SMILES string of the molecule is Cc1ccc(-c2c[c]c(C(F)(F)F)cc2)cc1C. The molecule has 0 nitrogen and oxygen atoms in total. The van der Waals surface area contributed by atoms with E-state index in [0.717, 1.165) is 28.3 Å². The van der Waals surface area contributed by atoms with E-state index in [1.54, 1.807) is 0 Å². The normalized spacial score (nSPS) is 11.6. The Hall–Kier alpha value is -1.77. The van der Waals surface area contributed by atoms with Crippen LogP contribution in [0.2, 0.25) is 0 Å². The third kappa shape index (κ3) is 2.55. The van der Waals surface area contributed by atoms with E-state index in [2.05, 4.69) is 6.07 Å². The van der Waals surface area contributed by atoms with E-state index >= 15 is 0 Å². The third-order valence-corrected chi connectivity index (χ3v) is 2.96. The molecule has 0 aromatic heterocycles. The van der Waals surface area contributed by atoms with Gasteiger partial charge in [0.05, 0.1) is 5.56 Å². The lowest BCUT2D eigenvalue weighted by Gasteiger charge is -2.08. The van der Waals surface area contributed by atoms with Gasteiger partial charge in [-0.15, -0.1) is 0 Å². The van der Waals surface area contributed by atoms with Crippen LogP contribution in [0.15, 0.2) is 36.4 Å². The molecule has 0 aliphatic carbocycles. The van der Waals surface area contributed by atoms with Gasteiger partial charge in [0.25, 0.3) is 0 Å². The van der Waals surface area contributed by atoms with Crippen LogP contribution < -0.4 is 0 Å². The Morgan fingerprint density at radius 2 is 1.56 bits per heavy atom. The minimum atomic E-state index is -4.33. The molecule has 0 saturated heterocycles. The first-order valence-corrected chi connectivity index (χ1v) is 5.54. The van der Waals surface area contributed by atoms with Crippen molar-refractivity contribution >= 4 is 0 Å². The van der Waals surface area contributed by atoms with E-state index in [4.69, 9.17) is 0 Å². The molecule has 2 aromatic carbocycles. The van der Waals surface area contributed by atoms with E-state index in [1.165, 1.54) is 12.1 Å². The van der Waals surface area contributed by atoms with Crippen LogP contribution in [-0.2, 0) is 6.18 Å². The molecule has 1 radical (unpaired) electrons. The Bertz CT molecular complexity index is 551. The average molecular weight is 249 g/mol. The molecule has 0 amide bonds. The molecule has 93 valence electrons. The molecule has 0 aliphatic heterocycles. The molecule has 0 atom stereocenters. The summed E-state index contributed by atoms with van der Waals surface area (Å²) in [4.78, 5) is 0. The van der Waals surface area contributed by atoms with Gasteiger partial charge in [0.2, 0.25) is 0 Å². The number of rotatable bonds is 1. The number of alkyl halides is 3. The predicted octanol–water partition coefficient (Wildman–Crippen LogP) is 4.79. The van der Waals surface area contributed by atoms with Gasteiger partial charge in [-0.05, 0) is 54.3 Å². The molecule has 0 spiro atoms. The number of halogens is 3. The molecule has 0 N–H and O–H groups in total. The summed E-state index contributed by atoms with van der Waals surface area (Å²) >= 11 is 0. The maximum absolute atomic E-state index is 12.4. The highest BCUT2D eigenvalue weighted by molar-refractivity contribution is 5.65. The summed E-state index contributed by atoms with van der Waals surface area (Å²) in [6, 6.07) is 12.0. The maximum Gasteiger partial charge on any atom is 0.417 e. The van der Waals surface area contributed by atoms with Gasteiger partial charge in [-0.25, -0.2) is 0 Å². The first-order chi connectivity index (χ1) is 8.38. The van der Waals surface area contributed by atoms with Gasteiger partial charge >= 0.3 is 6.18 Å². The molecule has 0 fully saturated rings.